The summed E-state index contributed by atoms with van der Waals surface area (Å²) in [6.45, 7) is 0. The number of benzene rings is 3. The van der Waals surface area contributed by atoms with Crippen LogP contribution in [0.4, 0.5) is 5.69 Å². The monoisotopic (exact) mass is 460 g/mol. The van der Waals surface area contributed by atoms with Gasteiger partial charge in [0.2, 0.25) is 0 Å². The summed E-state index contributed by atoms with van der Waals surface area (Å²) in [6, 6.07) is 29.0. The number of rotatable bonds is 6. The number of hydrogen-bond acceptors (Lipinski definition) is 4. The van der Waals surface area contributed by atoms with E-state index in [1.165, 1.54) is 17.0 Å². The Kier molecular flexibility index (Phi) is 5.88. The summed E-state index contributed by atoms with van der Waals surface area (Å²) in [7, 11) is 0. The third kappa shape index (κ3) is 4.43. The highest BCUT2D eigenvalue weighted by molar-refractivity contribution is 5.97. The molecule has 7 heteroatoms. The number of pyridine rings is 1. The zero-order chi connectivity index (χ0) is 24.2. The molecule has 35 heavy (non-hydrogen) atoms. The van der Waals surface area contributed by atoms with Crippen molar-refractivity contribution in [3.63, 3.8) is 0 Å². The van der Waals surface area contributed by atoms with Crippen molar-refractivity contribution in [2.75, 3.05) is 0 Å². The highest BCUT2D eigenvalue weighted by Crippen LogP contribution is 2.27. The average Bonchev–Trinajstić information content (AvgIpc) is 3.24. The molecule has 0 saturated carbocycles. The largest absolute Gasteiger partial charge is 0.478 e. The number of para-hydroxylation sites is 1. The SMILES string of the molecule is O=C(O)c1ccc(-c2ccccn2)cc1N=Cc1c(-c2ccccc2)[nH]n(-c2ccccc2)c1=O. The predicted molar refractivity (Wildman–Crippen MR) is 136 cm³/mol. The second-order valence-electron chi connectivity index (χ2n) is 7.75. The number of carboxylic acid groups (broad SMARTS) is 1. The van der Waals surface area contributed by atoms with Crippen LogP contribution in [0.15, 0.2) is 113 Å². The minimum atomic E-state index is -1.11. The van der Waals surface area contributed by atoms with Crippen LogP contribution in [0.25, 0.3) is 28.2 Å². The van der Waals surface area contributed by atoms with Gasteiger partial charge in [-0.05, 0) is 36.4 Å². The minimum Gasteiger partial charge on any atom is -0.478 e. The fourth-order valence-corrected chi connectivity index (χ4v) is 3.80. The molecule has 0 saturated heterocycles. The van der Waals surface area contributed by atoms with E-state index in [9.17, 15) is 14.7 Å². The molecule has 0 radical (unpaired) electrons. The fraction of sp³-hybridized carbons (Fsp3) is 0. The van der Waals surface area contributed by atoms with Crippen molar-refractivity contribution in [1.29, 1.82) is 0 Å². The smallest absolute Gasteiger partial charge is 0.337 e. The molecule has 2 N–H and O–H groups in total. The summed E-state index contributed by atoms with van der Waals surface area (Å²) >= 11 is 0. The van der Waals surface area contributed by atoms with Crippen molar-refractivity contribution in [3.8, 4) is 28.2 Å². The number of carboxylic acids is 1. The van der Waals surface area contributed by atoms with E-state index in [-0.39, 0.29) is 16.8 Å². The van der Waals surface area contributed by atoms with Gasteiger partial charge >= 0.3 is 5.97 Å². The zero-order valence-corrected chi connectivity index (χ0v) is 18.5. The molecule has 0 atom stereocenters. The second kappa shape index (κ2) is 9.44. The highest BCUT2D eigenvalue weighted by atomic mass is 16.4. The van der Waals surface area contributed by atoms with Gasteiger partial charge in [0, 0.05) is 23.5 Å². The van der Waals surface area contributed by atoms with Gasteiger partial charge in [-0.15, -0.1) is 0 Å². The number of aromatic amines is 1. The van der Waals surface area contributed by atoms with Crippen LogP contribution in [0, 0.1) is 0 Å². The van der Waals surface area contributed by atoms with Crippen LogP contribution in [0.1, 0.15) is 15.9 Å². The Morgan fingerprint density at radius 2 is 1.60 bits per heavy atom. The molecule has 2 heterocycles. The van der Waals surface area contributed by atoms with Crippen LogP contribution in [0.2, 0.25) is 0 Å². The summed E-state index contributed by atoms with van der Waals surface area (Å²) < 4.78 is 1.45. The van der Waals surface area contributed by atoms with Gasteiger partial charge in [0.1, 0.15) is 0 Å². The number of aromatic carboxylic acids is 1. The Bertz CT molecular complexity index is 1570. The van der Waals surface area contributed by atoms with Gasteiger partial charge in [-0.1, -0.05) is 60.7 Å². The Morgan fingerprint density at radius 1 is 0.886 bits per heavy atom. The zero-order valence-electron chi connectivity index (χ0n) is 18.5. The molecule has 5 aromatic rings. The molecule has 7 nitrogen and oxygen atoms in total. The molecule has 0 amide bonds. The van der Waals surface area contributed by atoms with Gasteiger partial charge in [0.05, 0.1) is 33.9 Å². The lowest BCUT2D eigenvalue weighted by Gasteiger charge is -2.05. The van der Waals surface area contributed by atoms with Crippen LogP contribution in [0.5, 0.6) is 0 Å². The molecule has 0 fully saturated rings. The number of nitrogens with zero attached hydrogens (tertiary/aromatic N) is 3. The third-order valence-electron chi connectivity index (χ3n) is 5.52. The lowest BCUT2D eigenvalue weighted by Crippen LogP contribution is -2.17. The molecular formula is C28H20N4O3. The lowest BCUT2D eigenvalue weighted by molar-refractivity contribution is 0.0698. The van der Waals surface area contributed by atoms with Gasteiger partial charge in [-0.25, -0.2) is 9.48 Å². The van der Waals surface area contributed by atoms with E-state index >= 15 is 0 Å². The van der Waals surface area contributed by atoms with E-state index in [2.05, 4.69) is 15.1 Å². The summed E-state index contributed by atoms with van der Waals surface area (Å²) in [5, 5.41) is 12.9. The van der Waals surface area contributed by atoms with Crippen molar-refractivity contribution in [1.82, 2.24) is 14.8 Å². The molecule has 0 aliphatic carbocycles. The molecule has 0 bridgehead atoms. The quantitative estimate of drug-likeness (QED) is 0.334. The molecular weight excluding hydrogens is 440 g/mol. The normalized spacial score (nSPS) is 11.1. The molecule has 170 valence electrons. The maximum absolute atomic E-state index is 13.4. The molecule has 0 aliphatic heterocycles. The molecule has 0 aliphatic rings. The number of H-pyrrole nitrogens is 1. The summed E-state index contributed by atoms with van der Waals surface area (Å²) in [4.78, 5) is 34.1. The Morgan fingerprint density at radius 3 is 2.29 bits per heavy atom. The number of nitrogens with one attached hydrogen (secondary N) is 1. The van der Waals surface area contributed by atoms with Crippen molar-refractivity contribution < 1.29 is 9.90 Å². The lowest BCUT2D eigenvalue weighted by atomic mass is 10.1. The molecule has 0 unspecified atom stereocenters. The first-order chi connectivity index (χ1) is 17.1. The van der Waals surface area contributed by atoms with Crippen LogP contribution in [-0.2, 0) is 0 Å². The van der Waals surface area contributed by atoms with Crippen molar-refractivity contribution in [3.05, 3.63) is 125 Å². The maximum atomic E-state index is 13.4. The van der Waals surface area contributed by atoms with E-state index < -0.39 is 5.97 Å². The summed E-state index contributed by atoms with van der Waals surface area (Å²) in [5.74, 6) is -1.11. The van der Waals surface area contributed by atoms with Gasteiger partial charge in [0.15, 0.2) is 0 Å². The topological polar surface area (TPSA) is 100 Å². The first kappa shape index (κ1) is 21.8. The Hall–Kier alpha value is -5.04. The summed E-state index contributed by atoms with van der Waals surface area (Å²) in [5.41, 5.74) is 3.77. The Labute approximate surface area is 200 Å². The van der Waals surface area contributed by atoms with Crippen molar-refractivity contribution in [2.45, 2.75) is 0 Å². The first-order valence-electron chi connectivity index (χ1n) is 10.9. The van der Waals surface area contributed by atoms with Crippen molar-refractivity contribution in [2.24, 2.45) is 4.99 Å². The predicted octanol–water partition coefficient (Wildman–Crippen LogP) is 5.34. The maximum Gasteiger partial charge on any atom is 0.337 e. The molecule has 0 spiro atoms. The van der Waals surface area contributed by atoms with E-state index in [0.29, 0.717) is 22.6 Å². The van der Waals surface area contributed by atoms with E-state index in [0.717, 1.165) is 11.1 Å². The average molecular weight is 460 g/mol. The van der Waals surface area contributed by atoms with Crippen LogP contribution < -0.4 is 5.56 Å². The van der Waals surface area contributed by atoms with Gasteiger partial charge < -0.3 is 5.11 Å². The van der Waals surface area contributed by atoms with E-state index in [4.69, 9.17) is 0 Å². The fourth-order valence-electron chi connectivity index (χ4n) is 3.80. The van der Waals surface area contributed by atoms with Crippen LogP contribution in [0.3, 0.4) is 0 Å². The van der Waals surface area contributed by atoms with Crippen molar-refractivity contribution >= 4 is 17.9 Å². The molecule has 2 aromatic heterocycles. The minimum absolute atomic E-state index is 0.0288. The number of aromatic nitrogens is 3. The number of aliphatic imine (C=N–C) groups is 1. The van der Waals surface area contributed by atoms with E-state index in [1.54, 1.807) is 18.3 Å². The van der Waals surface area contributed by atoms with Gasteiger partial charge in [0.25, 0.3) is 5.56 Å². The second-order valence-corrected chi connectivity index (χ2v) is 7.75. The third-order valence-corrected chi connectivity index (χ3v) is 5.52. The first-order valence-corrected chi connectivity index (χ1v) is 10.9. The number of hydrogen-bond donors (Lipinski definition) is 2. The van der Waals surface area contributed by atoms with Gasteiger partial charge in [-0.3, -0.25) is 19.9 Å². The molecule has 5 rings (SSSR count). The van der Waals surface area contributed by atoms with Crippen LogP contribution >= 0.6 is 0 Å². The Balaban J connectivity index is 1.65. The number of carbonyl (C=O) groups is 1. The van der Waals surface area contributed by atoms with Crippen LogP contribution in [-0.4, -0.2) is 32.1 Å². The highest BCUT2D eigenvalue weighted by Gasteiger charge is 2.17. The van der Waals surface area contributed by atoms with E-state index in [1.807, 2.05) is 78.9 Å². The van der Waals surface area contributed by atoms with Gasteiger partial charge in [-0.2, -0.15) is 0 Å². The standard InChI is InChI=1S/C28H20N4O3/c33-27-23(26(19-9-3-1-4-10-19)31-32(27)21-11-5-2-6-12-21)18-30-25-17-20(14-15-22(25)28(34)35)24-13-7-8-16-29-24/h1-18,31H,(H,34,35). The molecule has 3 aromatic carbocycles. The summed E-state index contributed by atoms with van der Waals surface area (Å²) in [6.07, 6.45) is 3.09.